The number of nitro benzene ring substituents is 1. The Kier molecular flexibility index (Phi) is 38.6. The van der Waals surface area contributed by atoms with Crippen molar-refractivity contribution in [3.63, 3.8) is 0 Å². The molecule has 0 aliphatic carbocycles. The van der Waals surface area contributed by atoms with Crippen LogP contribution in [0.1, 0.15) is 75.6 Å². The summed E-state index contributed by atoms with van der Waals surface area (Å²) in [7, 11) is 0. The first-order valence-corrected chi connectivity index (χ1v) is 37.1. The number of anilines is 13. The van der Waals surface area contributed by atoms with Crippen molar-refractivity contribution >= 4 is 116 Å². The van der Waals surface area contributed by atoms with E-state index in [1.165, 1.54) is 97.1 Å². The number of aldehydes is 1. The number of amides is 3. The van der Waals surface area contributed by atoms with Crippen molar-refractivity contribution < 1.29 is 64.7 Å². The van der Waals surface area contributed by atoms with Crippen molar-refractivity contribution in [1.29, 1.82) is 0 Å². The number of nitrogens with zero attached hydrogens (tertiary/aromatic N) is 2. The largest absolute Gasteiger partial charge is 0.450 e. The molecule has 12 aromatic rings. The quantitative estimate of drug-likeness (QED) is 0.00570. The Morgan fingerprint density at radius 3 is 0.992 bits per heavy atom. The first kappa shape index (κ1) is 93.6. The third-order valence-electron chi connectivity index (χ3n) is 16.5. The van der Waals surface area contributed by atoms with E-state index in [0.29, 0.717) is 79.7 Å². The van der Waals surface area contributed by atoms with E-state index in [1.807, 2.05) is 69.3 Å². The Morgan fingerprint density at radius 1 is 0.367 bits per heavy atom. The zero-order valence-electron chi connectivity index (χ0n) is 66.7. The molecule has 30 heteroatoms. The summed E-state index contributed by atoms with van der Waals surface area (Å²) in [6.45, 7) is 13.8. The molecule has 0 saturated carbocycles. The maximum atomic E-state index is 12.9. The summed E-state index contributed by atoms with van der Waals surface area (Å²) in [5.41, 5.74) is 51.2. The molecular weight excluding hydrogens is 1550 g/mol. The lowest BCUT2D eigenvalue weighted by Crippen LogP contribution is -2.14. The standard InChI is InChI=1S/C16H16FN3O4.2C16H18FN3O2.C14H15FN2.C14H13FN2.C7H5FO.C7H10N2/c1-2-24-16(21)19-14-8-7-13(9-15(14)20(22)23)18-10-11-3-5-12(17)6-4-11;2*1-2-22-16(21)20-15-8-7-13(9-14(15)18)19-10-11-3-5-12(17)6-4-11;2*1-10-8-13(6-7-14(10)16)17-9-11-2-4-12(15)5-3-11;8-7-3-1-6(5-9)2-4-7;1-5-4-6(8)2-3-7(5)9/h3-9,18H,2,10H2,1H3,(H,19,21);2*3-9,19H,2,10,18H2,1H3,(H,20,21);2-8,17H,9,16H2,1H3;2-9H,16H2,1H3;1-5H;2-4H,8-9H2,1H3. The van der Waals surface area contributed by atoms with Crippen LogP contribution in [0.25, 0.3) is 0 Å². The van der Waals surface area contributed by atoms with Crippen LogP contribution >= 0.6 is 0 Å². The van der Waals surface area contributed by atoms with E-state index in [-0.39, 0.29) is 52.9 Å². The SMILES string of the molecule is CCOC(=O)Nc1ccc(NCc2ccc(F)cc2)cc1N.CCOC(=O)Nc1ccc(NCc2ccc(F)cc2)cc1N.CCOC(=O)Nc1ccc(NCc2ccc(F)cc2)cc1[N+](=O)[O-].Cc1cc(N)ccc1N.Cc1cc(N=Cc2ccc(F)cc2)ccc1N.Cc1cc(NCc2ccc(F)cc2)ccc1N.O=Cc1ccc(F)cc1. The van der Waals surface area contributed by atoms with E-state index >= 15 is 0 Å². The van der Waals surface area contributed by atoms with Crippen LogP contribution in [-0.2, 0) is 40.4 Å². The minimum atomic E-state index is -0.757. The number of nitrogen functional groups attached to an aromatic ring is 6. The van der Waals surface area contributed by atoms with Crippen molar-refractivity contribution in [2.24, 2.45) is 4.99 Å². The van der Waals surface area contributed by atoms with E-state index in [0.717, 1.165) is 90.0 Å². The van der Waals surface area contributed by atoms with Crippen LogP contribution in [-0.4, -0.2) is 55.5 Å². The van der Waals surface area contributed by atoms with Gasteiger partial charge in [0.15, 0.2) is 0 Å². The van der Waals surface area contributed by atoms with Gasteiger partial charge < -0.3 is 69.9 Å². The summed E-state index contributed by atoms with van der Waals surface area (Å²) < 4.78 is 90.3. The molecule has 0 radical (unpaired) electrons. The second-order valence-corrected chi connectivity index (χ2v) is 25.8. The molecule has 12 aromatic carbocycles. The minimum Gasteiger partial charge on any atom is -0.450 e. The summed E-state index contributed by atoms with van der Waals surface area (Å²) in [5.74, 6) is -1.63. The molecule has 0 atom stereocenters. The van der Waals surface area contributed by atoms with Gasteiger partial charge >= 0.3 is 18.3 Å². The summed E-state index contributed by atoms with van der Waals surface area (Å²) in [6, 6.07) is 68.0. The molecule has 120 heavy (non-hydrogen) atoms. The lowest BCUT2D eigenvalue weighted by Gasteiger charge is -2.11. The maximum absolute atomic E-state index is 12.9. The van der Waals surface area contributed by atoms with Crippen LogP contribution in [0.15, 0.2) is 260 Å². The zero-order valence-corrected chi connectivity index (χ0v) is 66.7. The fraction of sp³-hybridized carbons (Fsp3) is 0.144. The Bertz CT molecular complexity index is 5180. The highest BCUT2D eigenvalue weighted by molar-refractivity contribution is 5.91. The normalized spacial score (nSPS) is 10.1. The molecule has 0 bridgehead atoms. The van der Waals surface area contributed by atoms with Gasteiger partial charge in [-0.3, -0.25) is 35.9 Å². The van der Waals surface area contributed by atoms with E-state index in [4.69, 9.17) is 48.6 Å². The molecular formula is C90H95F6N15O9. The maximum Gasteiger partial charge on any atom is 0.411 e. The summed E-state index contributed by atoms with van der Waals surface area (Å²) in [5, 5.41) is 31.3. The highest BCUT2D eigenvalue weighted by Crippen LogP contribution is 2.30. The van der Waals surface area contributed by atoms with Gasteiger partial charge in [0.05, 0.1) is 53.2 Å². The Balaban J connectivity index is 0.000000222. The lowest BCUT2D eigenvalue weighted by molar-refractivity contribution is -0.383. The monoisotopic (exact) mass is 1640 g/mol. The van der Waals surface area contributed by atoms with Crippen LogP contribution in [0.4, 0.5) is 126 Å². The molecule has 12 rings (SSSR count). The van der Waals surface area contributed by atoms with Gasteiger partial charge in [0.25, 0.3) is 5.69 Å². The molecule has 626 valence electrons. The fourth-order valence-corrected chi connectivity index (χ4v) is 9.99. The zero-order chi connectivity index (χ0) is 87.5. The molecule has 24 nitrogen and oxygen atoms in total. The number of nitrogens with two attached hydrogens (primary N) is 6. The first-order chi connectivity index (χ1) is 57.5. The Labute approximate surface area is 691 Å². The Hall–Kier alpha value is -15.2. The van der Waals surface area contributed by atoms with Gasteiger partial charge in [0, 0.05) is 89.5 Å². The van der Waals surface area contributed by atoms with E-state index < -0.39 is 23.2 Å². The average Bonchev–Trinajstić information content (AvgIpc) is 0.823. The van der Waals surface area contributed by atoms with Crippen LogP contribution < -0.4 is 71.6 Å². The molecule has 0 fully saturated rings. The van der Waals surface area contributed by atoms with Crippen molar-refractivity contribution in [3.8, 4) is 0 Å². The molecule has 19 N–H and O–H groups in total. The van der Waals surface area contributed by atoms with Crippen molar-refractivity contribution in [3.05, 3.63) is 350 Å². The van der Waals surface area contributed by atoms with E-state index in [1.54, 1.807) is 136 Å². The first-order valence-electron chi connectivity index (χ1n) is 37.1. The van der Waals surface area contributed by atoms with Gasteiger partial charge in [-0.25, -0.2) is 40.7 Å². The average molecular weight is 1640 g/mol. The van der Waals surface area contributed by atoms with Crippen LogP contribution in [0, 0.1) is 65.8 Å². The third-order valence-corrected chi connectivity index (χ3v) is 16.5. The Morgan fingerprint density at radius 2 is 0.667 bits per heavy atom. The molecule has 0 saturated heterocycles. The minimum absolute atomic E-state index is 0.0470. The van der Waals surface area contributed by atoms with Gasteiger partial charge in [-0.05, 0) is 274 Å². The number of rotatable bonds is 22. The van der Waals surface area contributed by atoms with Gasteiger partial charge in [-0.2, -0.15) is 0 Å². The fourth-order valence-electron chi connectivity index (χ4n) is 9.99. The number of hydrogen-bond acceptors (Lipinski definition) is 20. The number of halogens is 6. The van der Waals surface area contributed by atoms with Gasteiger partial charge in [-0.1, -0.05) is 60.7 Å². The number of aryl methyl sites for hydroxylation is 3. The number of benzene rings is 12. The molecule has 0 heterocycles. The predicted molar refractivity (Wildman–Crippen MR) is 468 cm³/mol. The van der Waals surface area contributed by atoms with Crippen molar-refractivity contribution in [2.75, 3.05) is 91.4 Å². The highest BCUT2D eigenvalue weighted by Gasteiger charge is 2.18. The molecule has 0 aliphatic rings. The van der Waals surface area contributed by atoms with Gasteiger partial charge in [0.1, 0.15) is 46.9 Å². The van der Waals surface area contributed by atoms with Crippen LogP contribution in [0.2, 0.25) is 0 Å². The van der Waals surface area contributed by atoms with Crippen LogP contribution in [0.5, 0.6) is 0 Å². The summed E-state index contributed by atoms with van der Waals surface area (Å²) in [6.07, 6.45) is 0.541. The number of aliphatic imine (C=N–C) groups is 1. The number of nitrogens with one attached hydrogen (secondary N) is 7. The number of hydrogen-bond donors (Lipinski definition) is 13. The number of ether oxygens (including phenoxy) is 3. The second-order valence-electron chi connectivity index (χ2n) is 25.8. The van der Waals surface area contributed by atoms with E-state index in [2.05, 4.69) is 42.2 Å². The topological polar surface area (TPSA) is 392 Å². The molecule has 0 aromatic heterocycles. The van der Waals surface area contributed by atoms with Crippen molar-refractivity contribution in [1.82, 2.24) is 0 Å². The number of carbonyl (C=O) groups is 4. The third kappa shape index (κ3) is 34.8. The number of carbonyl (C=O) groups excluding carboxylic acids is 4. The number of nitro groups is 1. The predicted octanol–water partition coefficient (Wildman–Crippen LogP) is 20.7. The summed E-state index contributed by atoms with van der Waals surface area (Å²) in [4.78, 5) is 59.0. The van der Waals surface area contributed by atoms with Gasteiger partial charge in [-0.15, -0.1) is 0 Å². The van der Waals surface area contributed by atoms with E-state index in [9.17, 15) is 55.6 Å². The van der Waals surface area contributed by atoms with Crippen LogP contribution in [0.3, 0.4) is 0 Å². The second kappa shape index (κ2) is 49.5. The van der Waals surface area contributed by atoms with Crippen molar-refractivity contribution in [2.45, 2.75) is 67.7 Å². The lowest BCUT2D eigenvalue weighted by atomic mass is 10.1. The molecule has 3 amide bonds. The molecule has 0 aliphatic heterocycles. The summed E-state index contributed by atoms with van der Waals surface area (Å²) >= 11 is 0. The smallest absolute Gasteiger partial charge is 0.411 e. The van der Waals surface area contributed by atoms with Gasteiger partial charge in [0.2, 0.25) is 0 Å². The molecule has 0 unspecified atom stereocenters. The molecule has 0 spiro atoms. The highest BCUT2D eigenvalue weighted by atomic mass is 19.1.